The third-order valence-electron chi connectivity index (χ3n) is 5.48. The molecule has 1 aliphatic heterocycles. The van der Waals surface area contributed by atoms with Gasteiger partial charge in [-0.2, -0.15) is 0 Å². The van der Waals surface area contributed by atoms with Gasteiger partial charge in [-0.3, -0.25) is 4.79 Å². The molecule has 1 saturated heterocycles. The lowest BCUT2D eigenvalue weighted by molar-refractivity contribution is -0.129. The summed E-state index contributed by atoms with van der Waals surface area (Å²) in [5, 5.41) is 3.58. The topological polar surface area (TPSA) is 48.5 Å². The Labute approximate surface area is 162 Å². The average molecular weight is 367 g/mol. The van der Waals surface area contributed by atoms with Crippen molar-refractivity contribution in [1.82, 2.24) is 15.2 Å². The van der Waals surface area contributed by atoms with Crippen molar-refractivity contribution in [3.05, 3.63) is 58.3 Å². The van der Waals surface area contributed by atoms with Crippen LogP contribution in [0.2, 0.25) is 0 Å². The number of nitrogens with one attached hydrogen (secondary N) is 1. The van der Waals surface area contributed by atoms with Gasteiger partial charge < -0.3 is 15.1 Å². The van der Waals surface area contributed by atoms with Gasteiger partial charge in [0.25, 0.3) is 0 Å². The van der Waals surface area contributed by atoms with Crippen LogP contribution in [0.15, 0.2) is 30.5 Å². The molecule has 1 fully saturated rings. The number of rotatable bonds is 5. The largest absolute Gasteiger partial charge is 0.353 e. The number of nitrogens with zero attached hydrogens (tertiary/aromatic N) is 3. The average Bonchev–Trinajstić information content (AvgIpc) is 2.66. The number of piperazine rings is 1. The second kappa shape index (κ2) is 8.53. The third kappa shape index (κ3) is 4.66. The Hall–Kier alpha value is -2.40. The van der Waals surface area contributed by atoms with E-state index in [4.69, 9.17) is 0 Å². The summed E-state index contributed by atoms with van der Waals surface area (Å²) in [5.74, 6) is 1.19. The SMILES string of the molecule is CC(=O)N1CCN(c2ncccc2CNCc2cc(C)c(C)cc2C)CC1. The first-order chi connectivity index (χ1) is 13.0. The van der Waals surface area contributed by atoms with Crippen LogP contribution in [-0.2, 0) is 17.9 Å². The van der Waals surface area contributed by atoms with Crippen LogP contribution in [0.3, 0.4) is 0 Å². The lowest BCUT2D eigenvalue weighted by Crippen LogP contribution is -2.48. The van der Waals surface area contributed by atoms with E-state index in [0.717, 1.165) is 45.1 Å². The van der Waals surface area contributed by atoms with Crippen LogP contribution >= 0.6 is 0 Å². The molecule has 3 rings (SSSR count). The summed E-state index contributed by atoms with van der Waals surface area (Å²) < 4.78 is 0. The fourth-order valence-electron chi connectivity index (χ4n) is 3.63. The number of hydrogen-bond acceptors (Lipinski definition) is 4. The van der Waals surface area contributed by atoms with E-state index in [1.165, 1.54) is 27.8 Å². The van der Waals surface area contributed by atoms with Gasteiger partial charge in [0.1, 0.15) is 5.82 Å². The van der Waals surface area contributed by atoms with Crippen molar-refractivity contribution in [2.75, 3.05) is 31.1 Å². The minimum absolute atomic E-state index is 0.154. The number of benzene rings is 1. The maximum Gasteiger partial charge on any atom is 0.219 e. The number of aromatic nitrogens is 1. The highest BCUT2D eigenvalue weighted by Crippen LogP contribution is 2.20. The Kier molecular flexibility index (Phi) is 6.11. The van der Waals surface area contributed by atoms with Crippen molar-refractivity contribution in [1.29, 1.82) is 0 Å². The lowest BCUT2D eigenvalue weighted by Gasteiger charge is -2.35. The normalized spacial score (nSPS) is 14.5. The highest BCUT2D eigenvalue weighted by molar-refractivity contribution is 5.73. The van der Waals surface area contributed by atoms with Gasteiger partial charge in [-0.1, -0.05) is 18.2 Å². The monoisotopic (exact) mass is 366 g/mol. The molecule has 1 aliphatic rings. The Morgan fingerprint density at radius 1 is 1.00 bits per heavy atom. The molecule has 1 amide bonds. The number of aryl methyl sites for hydroxylation is 3. The number of carbonyl (C=O) groups is 1. The molecule has 5 heteroatoms. The molecule has 1 aromatic carbocycles. The van der Waals surface area contributed by atoms with Crippen LogP contribution < -0.4 is 10.2 Å². The smallest absolute Gasteiger partial charge is 0.219 e. The maximum atomic E-state index is 11.5. The molecule has 2 aromatic rings. The zero-order valence-electron chi connectivity index (χ0n) is 16.9. The maximum absolute atomic E-state index is 11.5. The molecule has 0 saturated carbocycles. The predicted molar refractivity (Wildman–Crippen MR) is 110 cm³/mol. The van der Waals surface area contributed by atoms with Crippen LogP contribution in [0.1, 0.15) is 34.7 Å². The fraction of sp³-hybridized carbons (Fsp3) is 0.455. The van der Waals surface area contributed by atoms with Crippen LogP contribution in [0.25, 0.3) is 0 Å². The van der Waals surface area contributed by atoms with E-state index in [9.17, 15) is 4.79 Å². The van der Waals surface area contributed by atoms with E-state index in [1.807, 2.05) is 17.2 Å². The number of pyridine rings is 1. The van der Waals surface area contributed by atoms with Crippen molar-refractivity contribution in [3.63, 3.8) is 0 Å². The standard InChI is InChI=1S/C22H30N4O/c1-16-12-18(3)21(13-17(16)2)15-23-14-20-6-5-7-24-22(20)26-10-8-25(9-11-26)19(4)27/h5-7,12-13,23H,8-11,14-15H2,1-4H3. The van der Waals surface area contributed by atoms with Gasteiger partial charge in [0.15, 0.2) is 0 Å². The molecule has 27 heavy (non-hydrogen) atoms. The molecule has 2 heterocycles. The van der Waals surface area contributed by atoms with E-state index in [1.54, 1.807) is 6.92 Å². The summed E-state index contributed by atoms with van der Waals surface area (Å²) in [7, 11) is 0. The van der Waals surface area contributed by atoms with Gasteiger partial charge in [0.05, 0.1) is 0 Å². The Morgan fingerprint density at radius 3 is 2.37 bits per heavy atom. The van der Waals surface area contributed by atoms with Crippen LogP contribution in [-0.4, -0.2) is 42.0 Å². The van der Waals surface area contributed by atoms with Gasteiger partial charge >= 0.3 is 0 Å². The van der Waals surface area contributed by atoms with E-state index in [-0.39, 0.29) is 5.91 Å². The molecule has 5 nitrogen and oxygen atoms in total. The number of amides is 1. The summed E-state index contributed by atoms with van der Waals surface area (Å²) in [6, 6.07) is 8.67. The highest BCUT2D eigenvalue weighted by Gasteiger charge is 2.21. The van der Waals surface area contributed by atoms with Gasteiger partial charge in [-0.05, 0) is 49.1 Å². The van der Waals surface area contributed by atoms with Gasteiger partial charge in [-0.25, -0.2) is 4.98 Å². The molecule has 144 valence electrons. The van der Waals surface area contributed by atoms with Crippen LogP contribution in [0.5, 0.6) is 0 Å². The molecule has 0 unspecified atom stereocenters. The fourth-order valence-corrected chi connectivity index (χ4v) is 3.63. The summed E-state index contributed by atoms with van der Waals surface area (Å²) in [6.45, 7) is 13.0. The number of anilines is 1. The van der Waals surface area contributed by atoms with Crippen LogP contribution in [0, 0.1) is 20.8 Å². The molecular formula is C22H30N4O. The Bertz CT molecular complexity index is 810. The van der Waals surface area contributed by atoms with Gasteiger partial charge in [0, 0.05) is 58.0 Å². The van der Waals surface area contributed by atoms with Crippen molar-refractivity contribution in [3.8, 4) is 0 Å². The molecule has 0 spiro atoms. The molecule has 0 atom stereocenters. The first kappa shape index (κ1) is 19.4. The quantitative estimate of drug-likeness (QED) is 0.884. The van der Waals surface area contributed by atoms with E-state index in [0.29, 0.717) is 0 Å². The molecule has 0 bridgehead atoms. The van der Waals surface area contributed by atoms with Crippen molar-refractivity contribution in [2.24, 2.45) is 0 Å². The second-order valence-electron chi connectivity index (χ2n) is 7.45. The second-order valence-corrected chi connectivity index (χ2v) is 7.45. The molecule has 1 aromatic heterocycles. The molecule has 0 aliphatic carbocycles. The minimum atomic E-state index is 0.154. The first-order valence-electron chi connectivity index (χ1n) is 9.67. The van der Waals surface area contributed by atoms with Crippen molar-refractivity contribution >= 4 is 11.7 Å². The molecular weight excluding hydrogens is 336 g/mol. The summed E-state index contributed by atoms with van der Waals surface area (Å²) in [5.41, 5.74) is 6.56. The summed E-state index contributed by atoms with van der Waals surface area (Å²) >= 11 is 0. The first-order valence-corrected chi connectivity index (χ1v) is 9.67. The van der Waals surface area contributed by atoms with Crippen molar-refractivity contribution < 1.29 is 4.79 Å². The van der Waals surface area contributed by atoms with Crippen LogP contribution in [0.4, 0.5) is 5.82 Å². The highest BCUT2D eigenvalue weighted by atomic mass is 16.2. The van der Waals surface area contributed by atoms with Gasteiger partial charge in [0.2, 0.25) is 5.91 Å². The minimum Gasteiger partial charge on any atom is -0.353 e. The van der Waals surface area contributed by atoms with E-state index < -0.39 is 0 Å². The summed E-state index contributed by atoms with van der Waals surface area (Å²) in [4.78, 5) is 20.4. The Balaban J connectivity index is 1.63. The van der Waals surface area contributed by atoms with E-state index in [2.05, 4.69) is 54.2 Å². The lowest BCUT2D eigenvalue weighted by atomic mass is 10.0. The predicted octanol–water partition coefficient (Wildman–Crippen LogP) is 2.97. The Morgan fingerprint density at radius 2 is 1.67 bits per heavy atom. The van der Waals surface area contributed by atoms with E-state index >= 15 is 0 Å². The zero-order valence-corrected chi connectivity index (χ0v) is 16.9. The summed E-state index contributed by atoms with van der Waals surface area (Å²) in [6.07, 6.45) is 1.85. The molecule has 0 radical (unpaired) electrons. The third-order valence-corrected chi connectivity index (χ3v) is 5.48. The van der Waals surface area contributed by atoms with Gasteiger partial charge in [-0.15, -0.1) is 0 Å². The zero-order chi connectivity index (χ0) is 19.4. The number of carbonyl (C=O) groups excluding carboxylic acids is 1. The number of hydrogen-bond donors (Lipinski definition) is 1. The molecule has 1 N–H and O–H groups in total. The van der Waals surface area contributed by atoms with Crippen molar-refractivity contribution in [2.45, 2.75) is 40.8 Å².